The van der Waals surface area contributed by atoms with Gasteiger partial charge in [0.05, 0.1) is 6.04 Å². The topological polar surface area (TPSA) is 84.2 Å². The lowest BCUT2D eigenvalue weighted by atomic mass is 10.1. The fourth-order valence-corrected chi connectivity index (χ4v) is 1.37. The number of amides is 2. The van der Waals surface area contributed by atoms with Gasteiger partial charge in [0.25, 0.3) is 5.91 Å². The summed E-state index contributed by atoms with van der Waals surface area (Å²) >= 11 is 0. The fraction of sp³-hybridized carbons (Fsp3) is 0.429. The molecule has 0 aliphatic heterocycles. The molecule has 1 rings (SSSR count). The monoisotopic (exact) mass is 263 g/mol. The van der Waals surface area contributed by atoms with Crippen molar-refractivity contribution in [3.8, 4) is 0 Å². The van der Waals surface area contributed by atoms with Crippen molar-refractivity contribution in [3.63, 3.8) is 0 Å². The second-order valence-corrected chi connectivity index (χ2v) is 5.56. The van der Waals surface area contributed by atoms with Gasteiger partial charge in [-0.3, -0.25) is 9.59 Å². The second kappa shape index (κ2) is 5.84. The average molecular weight is 263 g/mol. The van der Waals surface area contributed by atoms with Gasteiger partial charge in [-0.15, -0.1) is 0 Å². The Morgan fingerprint density at radius 2 is 1.68 bits per heavy atom. The SMILES string of the molecule is C[C@@H](N)C(=O)Nc1ccc(C(=O)NC(C)(C)C)cc1. The molecule has 0 aliphatic carbocycles. The Balaban J connectivity index is 2.71. The minimum absolute atomic E-state index is 0.141. The predicted molar refractivity (Wildman–Crippen MR) is 75.9 cm³/mol. The van der Waals surface area contributed by atoms with Crippen LogP contribution in [-0.2, 0) is 4.79 Å². The molecule has 19 heavy (non-hydrogen) atoms. The van der Waals surface area contributed by atoms with Crippen LogP contribution in [0.1, 0.15) is 38.1 Å². The van der Waals surface area contributed by atoms with Gasteiger partial charge in [-0.05, 0) is 52.0 Å². The third-order valence-electron chi connectivity index (χ3n) is 2.32. The molecule has 1 atom stereocenters. The summed E-state index contributed by atoms with van der Waals surface area (Å²) in [5.41, 5.74) is 6.35. The van der Waals surface area contributed by atoms with Crippen LogP contribution in [0.25, 0.3) is 0 Å². The van der Waals surface area contributed by atoms with Crippen LogP contribution >= 0.6 is 0 Å². The Bertz CT molecular complexity index is 459. The maximum atomic E-state index is 11.9. The first kappa shape index (κ1) is 15.2. The number of carbonyl (C=O) groups excluding carboxylic acids is 2. The molecule has 5 heteroatoms. The van der Waals surface area contributed by atoms with Crippen LogP contribution in [0.3, 0.4) is 0 Å². The molecule has 0 aromatic heterocycles. The Labute approximate surface area is 113 Å². The quantitative estimate of drug-likeness (QED) is 0.772. The van der Waals surface area contributed by atoms with Crippen molar-refractivity contribution in [3.05, 3.63) is 29.8 Å². The molecule has 4 N–H and O–H groups in total. The van der Waals surface area contributed by atoms with Crippen molar-refractivity contribution in [1.29, 1.82) is 0 Å². The molecule has 0 saturated carbocycles. The standard InChI is InChI=1S/C14H21N3O2/c1-9(15)12(18)16-11-7-5-10(6-8-11)13(19)17-14(2,3)4/h5-9H,15H2,1-4H3,(H,16,18)(H,17,19)/t9-/m1/s1. The van der Waals surface area contributed by atoms with Crippen LogP contribution < -0.4 is 16.4 Å². The highest BCUT2D eigenvalue weighted by Crippen LogP contribution is 2.11. The number of anilines is 1. The maximum absolute atomic E-state index is 11.9. The summed E-state index contributed by atoms with van der Waals surface area (Å²) in [6, 6.07) is 6.12. The fourth-order valence-electron chi connectivity index (χ4n) is 1.37. The van der Waals surface area contributed by atoms with Crippen molar-refractivity contribution in [2.75, 3.05) is 5.32 Å². The Morgan fingerprint density at radius 3 is 2.11 bits per heavy atom. The number of hydrogen-bond acceptors (Lipinski definition) is 3. The summed E-state index contributed by atoms with van der Waals surface area (Å²) in [7, 11) is 0. The van der Waals surface area contributed by atoms with Crippen molar-refractivity contribution >= 4 is 17.5 Å². The average Bonchev–Trinajstić information content (AvgIpc) is 2.27. The van der Waals surface area contributed by atoms with Crippen LogP contribution in [-0.4, -0.2) is 23.4 Å². The van der Waals surface area contributed by atoms with Gasteiger partial charge < -0.3 is 16.4 Å². The molecule has 0 saturated heterocycles. The second-order valence-electron chi connectivity index (χ2n) is 5.56. The van der Waals surface area contributed by atoms with E-state index in [9.17, 15) is 9.59 Å². The highest BCUT2D eigenvalue weighted by molar-refractivity contribution is 5.97. The molecule has 1 aromatic carbocycles. The largest absolute Gasteiger partial charge is 0.347 e. The lowest BCUT2D eigenvalue weighted by molar-refractivity contribution is -0.117. The molecule has 1 aromatic rings. The zero-order chi connectivity index (χ0) is 14.6. The van der Waals surface area contributed by atoms with E-state index < -0.39 is 6.04 Å². The lowest BCUT2D eigenvalue weighted by Gasteiger charge is -2.20. The van der Waals surface area contributed by atoms with Gasteiger partial charge in [-0.1, -0.05) is 0 Å². The molecule has 0 bridgehead atoms. The maximum Gasteiger partial charge on any atom is 0.251 e. The Hall–Kier alpha value is -1.88. The molecule has 0 aliphatic rings. The van der Waals surface area contributed by atoms with Gasteiger partial charge in [0.15, 0.2) is 0 Å². The van der Waals surface area contributed by atoms with E-state index >= 15 is 0 Å². The minimum Gasteiger partial charge on any atom is -0.347 e. The van der Waals surface area contributed by atoms with Crippen molar-refractivity contribution in [2.45, 2.75) is 39.3 Å². The molecule has 0 heterocycles. The molecule has 104 valence electrons. The van der Waals surface area contributed by atoms with E-state index in [0.717, 1.165) is 0 Å². The summed E-state index contributed by atoms with van der Waals surface area (Å²) in [6.45, 7) is 7.37. The molecule has 2 amide bonds. The molecule has 0 fully saturated rings. The van der Waals surface area contributed by atoms with Crippen molar-refractivity contribution in [1.82, 2.24) is 5.32 Å². The third kappa shape index (κ3) is 5.09. The number of rotatable bonds is 3. The zero-order valence-corrected chi connectivity index (χ0v) is 11.8. The molecular formula is C14H21N3O2. The molecule has 0 unspecified atom stereocenters. The number of nitrogens with two attached hydrogens (primary N) is 1. The Morgan fingerprint density at radius 1 is 1.16 bits per heavy atom. The molecule has 0 spiro atoms. The van der Waals surface area contributed by atoms with Crippen LogP contribution in [0.4, 0.5) is 5.69 Å². The van der Waals surface area contributed by atoms with E-state index in [-0.39, 0.29) is 17.4 Å². The van der Waals surface area contributed by atoms with Gasteiger partial charge >= 0.3 is 0 Å². The normalized spacial score (nSPS) is 12.7. The van der Waals surface area contributed by atoms with E-state index in [1.807, 2.05) is 20.8 Å². The summed E-state index contributed by atoms with van der Waals surface area (Å²) in [4.78, 5) is 23.3. The number of carbonyl (C=O) groups is 2. The van der Waals surface area contributed by atoms with Gasteiger partial charge in [-0.25, -0.2) is 0 Å². The van der Waals surface area contributed by atoms with Crippen LogP contribution in [0.5, 0.6) is 0 Å². The molecule has 5 nitrogen and oxygen atoms in total. The number of hydrogen-bond donors (Lipinski definition) is 3. The van der Waals surface area contributed by atoms with Crippen LogP contribution in [0, 0.1) is 0 Å². The van der Waals surface area contributed by atoms with Crippen LogP contribution in [0.2, 0.25) is 0 Å². The summed E-state index contributed by atoms with van der Waals surface area (Å²) in [5, 5.41) is 5.53. The highest BCUT2D eigenvalue weighted by Gasteiger charge is 2.15. The smallest absolute Gasteiger partial charge is 0.251 e. The third-order valence-corrected chi connectivity index (χ3v) is 2.32. The summed E-state index contributed by atoms with van der Waals surface area (Å²) in [5.74, 6) is -0.399. The van der Waals surface area contributed by atoms with Crippen molar-refractivity contribution in [2.24, 2.45) is 5.73 Å². The number of benzene rings is 1. The summed E-state index contributed by atoms with van der Waals surface area (Å²) < 4.78 is 0. The first-order valence-electron chi connectivity index (χ1n) is 6.18. The lowest BCUT2D eigenvalue weighted by Crippen LogP contribution is -2.40. The van der Waals surface area contributed by atoms with Gasteiger partial charge in [-0.2, -0.15) is 0 Å². The van der Waals surface area contributed by atoms with E-state index in [0.29, 0.717) is 11.3 Å². The molecular weight excluding hydrogens is 242 g/mol. The number of nitrogens with one attached hydrogen (secondary N) is 2. The van der Waals surface area contributed by atoms with E-state index in [1.54, 1.807) is 31.2 Å². The van der Waals surface area contributed by atoms with Gasteiger partial charge in [0.2, 0.25) is 5.91 Å². The van der Waals surface area contributed by atoms with Crippen molar-refractivity contribution < 1.29 is 9.59 Å². The molecule has 0 radical (unpaired) electrons. The van der Waals surface area contributed by atoms with E-state index in [4.69, 9.17) is 5.73 Å². The zero-order valence-electron chi connectivity index (χ0n) is 11.8. The summed E-state index contributed by atoms with van der Waals surface area (Å²) in [6.07, 6.45) is 0. The van der Waals surface area contributed by atoms with Gasteiger partial charge in [0.1, 0.15) is 0 Å². The van der Waals surface area contributed by atoms with E-state index in [2.05, 4.69) is 10.6 Å². The Kier molecular flexibility index (Phi) is 4.67. The minimum atomic E-state index is -0.566. The van der Waals surface area contributed by atoms with E-state index in [1.165, 1.54) is 0 Å². The predicted octanol–water partition coefficient (Wildman–Crippen LogP) is 1.50. The highest BCUT2D eigenvalue weighted by atomic mass is 16.2. The first-order valence-corrected chi connectivity index (χ1v) is 6.18. The van der Waals surface area contributed by atoms with Gasteiger partial charge in [0, 0.05) is 16.8 Å². The van der Waals surface area contributed by atoms with Crippen LogP contribution in [0.15, 0.2) is 24.3 Å². The first-order chi connectivity index (χ1) is 8.69.